The van der Waals surface area contributed by atoms with E-state index >= 15 is 0 Å². The fraction of sp³-hybridized carbons (Fsp3) is 0.520. The highest BCUT2D eigenvalue weighted by molar-refractivity contribution is 5.78. The van der Waals surface area contributed by atoms with Gasteiger partial charge in [0.2, 0.25) is 11.9 Å². The second-order valence-corrected chi connectivity index (χ2v) is 8.72. The summed E-state index contributed by atoms with van der Waals surface area (Å²) < 4.78 is 0. The Morgan fingerprint density at radius 3 is 2.75 bits per heavy atom. The molecule has 3 heterocycles. The largest absolute Gasteiger partial charge is 0.353 e. The first kappa shape index (κ1) is 22.1. The maximum absolute atomic E-state index is 12.1. The predicted octanol–water partition coefficient (Wildman–Crippen LogP) is 4.39. The smallest absolute Gasteiger partial charge is 0.236 e. The Balaban J connectivity index is 1.43. The van der Waals surface area contributed by atoms with Crippen molar-refractivity contribution in [2.75, 3.05) is 29.9 Å². The number of rotatable bonds is 7. The van der Waals surface area contributed by atoms with Crippen LogP contribution in [0.5, 0.6) is 0 Å². The van der Waals surface area contributed by atoms with E-state index < -0.39 is 0 Å². The second-order valence-electron chi connectivity index (χ2n) is 8.72. The molecule has 2 aliphatic heterocycles. The SMILES string of the molecule is CCC(CC)N1CCc2cnc(Nc3ccc(C4CCCN(C(=O)CC#N)C4)cc3)nc21. The zero-order valence-corrected chi connectivity index (χ0v) is 19.0. The highest BCUT2D eigenvalue weighted by Gasteiger charge is 2.27. The van der Waals surface area contributed by atoms with Gasteiger partial charge in [-0.2, -0.15) is 10.2 Å². The average molecular weight is 433 g/mol. The summed E-state index contributed by atoms with van der Waals surface area (Å²) in [5.74, 6) is 1.94. The molecule has 7 nitrogen and oxygen atoms in total. The summed E-state index contributed by atoms with van der Waals surface area (Å²) in [4.78, 5) is 25.7. The van der Waals surface area contributed by atoms with Crippen LogP contribution in [0.4, 0.5) is 17.5 Å². The zero-order chi connectivity index (χ0) is 22.5. The normalized spacial score (nSPS) is 17.9. The Kier molecular flexibility index (Phi) is 6.89. The lowest BCUT2D eigenvalue weighted by atomic mass is 9.90. The van der Waals surface area contributed by atoms with Gasteiger partial charge in [-0.25, -0.2) is 4.98 Å². The first-order chi connectivity index (χ1) is 15.6. The molecule has 1 aromatic heterocycles. The molecular weight excluding hydrogens is 400 g/mol. The lowest BCUT2D eigenvalue weighted by molar-refractivity contribution is -0.131. The number of anilines is 3. The van der Waals surface area contributed by atoms with Crippen molar-refractivity contribution in [1.29, 1.82) is 5.26 Å². The number of hydrogen-bond acceptors (Lipinski definition) is 6. The molecule has 0 spiro atoms. The number of aromatic nitrogens is 2. The third-order valence-electron chi connectivity index (χ3n) is 6.76. The number of carbonyl (C=O) groups is 1. The number of piperidine rings is 1. The van der Waals surface area contributed by atoms with Gasteiger partial charge >= 0.3 is 0 Å². The van der Waals surface area contributed by atoms with Crippen LogP contribution in [0.1, 0.15) is 63.0 Å². The van der Waals surface area contributed by atoms with Gasteiger partial charge < -0.3 is 15.1 Å². The number of nitrogens with zero attached hydrogens (tertiary/aromatic N) is 5. The quantitative estimate of drug-likeness (QED) is 0.698. The summed E-state index contributed by atoms with van der Waals surface area (Å²) in [5.41, 5.74) is 3.40. The minimum absolute atomic E-state index is 0.0367. The van der Waals surface area contributed by atoms with Crippen LogP contribution in [0.15, 0.2) is 30.5 Å². The Labute approximate surface area is 190 Å². The van der Waals surface area contributed by atoms with Crippen LogP contribution >= 0.6 is 0 Å². The minimum Gasteiger partial charge on any atom is -0.353 e. The van der Waals surface area contributed by atoms with Crippen LogP contribution in [0.3, 0.4) is 0 Å². The summed E-state index contributed by atoms with van der Waals surface area (Å²) in [6.07, 6.45) is 7.19. The highest BCUT2D eigenvalue weighted by atomic mass is 16.2. The van der Waals surface area contributed by atoms with Crippen LogP contribution in [-0.4, -0.2) is 46.5 Å². The molecule has 2 aromatic rings. The Bertz CT molecular complexity index is 979. The fourth-order valence-electron chi connectivity index (χ4n) is 4.94. The predicted molar refractivity (Wildman–Crippen MR) is 126 cm³/mol. The number of benzene rings is 1. The Morgan fingerprint density at radius 1 is 1.25 bits per heavy atom. The molecular formula is C25H32N6O. The first-order valence-corrected chi connectivity index (χ1v) is 11.8. The van der Waals surface area contributed by atoms with E-state index in [9.17, 15) is 4.79 Å². The van der Waals surface area contributed by atoms with Gasteiger partial charge in [0.15, 0.2) is 0 Å². The monoisotopic (exact) mass is 432 g/mol. The van der Waals surface area contributed by atoms with E-state index in [1.165, 1.54) is 11.1 Å². The third-order valence-corrected chi connectivity index (χ3v) is 6.76. The summed E-state index contributed by atoms with van der Waals surface area (Å²) in [6.45, 7) is 6.93. The number of likely N-dealkylation sites (tertiary alicyclic amines) is 1. The number of nitrogens with one attached hydrogen (secondary N) is 1. The molecule has 1 N–H and O–H groups in total. The number of amides is 1. The molecule has 0 aliphatic carbocycles. The topological polar surface area (TPSA) is 85.2 Å². The fourth-order valence-corrected chi connectivity index (χ4v) is 4.94. The molecule has 4 rings (SSSR count). The van der Waals surface area contributed by atoms with Crippen molar-refractivity contribution >= 4 is 23.4 Å². The van der Waals surface area contributed by atoms with Gasteiger partial charge in [0.25, 0.3) is 0 Å². The summed E-state index contributed by atoms with van der Waals surface area (Å²) >= 11 is 0. The van der Waals surface area contributed by atoms with E-state index in [0.717, 1.165) is 56.7 Å². The number of hydrogen-bond donors (Lipinski definition) is 1. The Hall–Kier alpha value is -3.14. The molecule has 1 saturated heterocycles. The maximum atomic E-state index is 12.1. The summed E-state index contributed by atoms with van der Waals surface area (Å²) in [7, 11) is 0. The Morgan fingerprint density at radius 2 is 2.03 bits per heavy atom. The molecule has 2 aliphatic rings. The number of carbonyl (C=O) groups excluding carboxylic acids is 1. The van der Waals surface area contributed by atoms with Crippen molar-refractivity contribution < 1.29 is 4.79 Å². The lowest BCUT2D eigenvalue weighted by Crippen LogP contribution is -2.38. The number of nitriles is 1. The van der Waals surface area contributed by atoms with Gasteiger partial charge in [-0.05, 0) is 49.8 Å². The average Bonchev–Trinajstić information content (AvgIpc) is 3.24. The maximum Gasteiger partial charge on any atom is 0.236 e. The molecule has 1 aromatic carbocycles. The van der Waals surface area contributed by atoms with E-state index in [-0.39, 0.29) is 12.3 Å². The van der Waals surface area contributed by atoms with Crippen LogP contribution in [0.2, 0.25) is 0 Å². The van der Waals surface area contributed by atoms with E-state index in [2.05, 4.69) is 53.3 Å². The van der Waals surface area contributed by atoms with Gasteiger partial charge in [0, 0.05) is 49.0 Å². The lowest BCUT2D eigenvalue weighted by Gasteiger charge is -2.32. The summed E-state index contributed by atoms with van der Waals surface area (Å²) in [6, 6.07) is 10.8. The van der Waals surface area contributed by atoms with E-state index in [4.69, 9.17) is 10.2 Å². The van der Waals surface area contributed by atoms with Gasteiger partial charge in [0.1, 0.15) is 12.2 Å². The number of fused-ring (bicyclic) bond motifs is 1. The summed E-state index contributed by atoms with van der Waals surface area (Å²) in [5, 5.41) is 12.2. The standard InChI is InChI=1S/C25H32N6O/c1-3-22(4-2)31-15-12-19-16-27-25(29-24(19)31)28-21-9-7-18(8-10-21)20-6-5-14-30(17-20)23(32)11-13-26/h7-10,16,20,22H,3-6,11-12,14-15,17H2,1-2H3,(H,27,28,29). The van der Waals surface area contributed by atoms with Gasteiger partial charge in [-0.15, -0.1) is 0 Å². The molecule has 1 amide bonds. The molecule has 1 fully saturated rings. The first-order valence-electron chi connectivity index (χ1n) is 11.8. The molecule has 1 atom stereocenters. The molecule has 0 saturated carbocycles. The van der Waals surface area contributed by atoms with E-state index in [1.54, 1.807) is 0 Å². The van der Waals surface area contributed by atoms with Gasteiger partial charge in [0.05, 0.1) is 6.07 Å². The van der Waals surface area contributed by atoms with E-state index in [1.807, 2.05) is 17.2 Å². The molecule has 32 heavy (non-hydrogen) atoms. The van der Waals surface area contributed by atoms with Crippen molar-refractivity contribution in [3.05, 3.63) is 41.6 Å². The molecule has 0 bridgehead atoms. The van der Waals surface area contributed by atoms with Crippen molar-refractivity contribution in [2.45, 2.75) is 64.3 Å². The minimum atomic E-state index is -0.0633. The third kappa shape index (κ3) is 4.69. The van der Waals surface area contributed by atoms with Gasteiger partial charge in [-0.1, -0.05) is 26.0 Å². The molecule has 7 heteroatoms. The molecule has 168 valence electrons. The van der Waals surface area contributed by atoms with Crippen LogP contribution in [0, 0.1) is 11.3 Å². The van der Waals surface area contributed by atoms with Crippen LogP contribution in [-0.2, 0) is 11.2 Å². The van der Waals surface area contributed by atoms with Gasteiger partial charge in [-0.3, -0.25) is 4.79 Å². The van der Waals surface area contributed by atoms with Crippen molar-refractivity contribution in [3.63, 3.8) is 0 Å². The highest BCUT2D eigenvalue weighted by Crippen LogP contribution is 2.31. The van der Waals surface area contributed by atoms with Crippen molar-refractivity contribution in [2.24, 2.45) is 0 Å². The molecule has 0 radical (unpaired) electrons. The van der Waals surface area contributed by atoms with Crippen LogP contribution < -0.4 is 10.2 Å². The van der Waals surface area contributed by atoms with Crippen LogP contribution in [0.25, 0.3) is 0 Å². The second kappa shape index (κ2) is 9.99. The molecule has 1 unspecified atom stereocenters. The van der Waals surface area contributed by atoms with Crippen molar-refractivity contribution in [3.8, 4) is 6.07 Å². The van der Waals surface area contributed by atoms with E-state index in [0.29, 0.717) is 24.5 Å². The van der Waals surface area contributed by atoms with Crippen molar-refractivity contribution in [1.82, 2.24) is 14.9 Å². The zero-order valence-electron chi connectivity index (χ0n) is 19.0.